The van der Waals surface area contributed by atoms with E-state index in [-0.39, 0.29) is 0 Å². The molecule has 0 unspecified atom stereocenters. The zero-order chi connectivity index (χ0) is 12.1. The van der Waals surface area contributed by atoms with Gasteiger partial charge >= 0.3 is 0 Å². The number of aryl methyl sites for hydroxylation is 1. The largest absolute Gasteiger partial charge is 0.458 e. The molecule has 0 aliphatic heterocycles. The summed E-state index contributed by atoms with van der Waals surface area (Å²) >= 11 is 0. The summed E-state index contributed by atoms with van der Waals surface area (Å²) in [6.45, 7) is 6.88. The normalized spacial score (nSPS) is 10.9. The second-order valence-corrected chi connectivity index (χ2v) is 3.97. The van der Waals surface area contributed by atoms with Crippen LogP contribution in [0, 0.1) is 0 Å². The molecule has 2 rings (SSSR count). The highest BCUT2D eigenvalue weighted by atomic mass is 16.3. The van der Waals surface area contributed by atoms with Crippen molar-refractivity contribution in [2.45, 2.75) is 33.4 Å². The predicted molar refractivity (Wildman–Crippen MR) is 67.6 cm³/mol. The Hall–Kier alpha value is -1.55. The van der Waals surface area contributed by atoms with E-state index in [1.165, 1.54) is 0 Å². The number of hydrogen-bond donors (Lipinski definition) is 1. The Balaban J connectivity index is 2.07. The molecule has 4 nitrogen and oxygen atoms in total. The average Bonchev–Trinajstić information content (AvgIpc) is 2.96. The molecule has 0 radical (unpaired) electrons. The van der Waals surface area contributed by atoms with Crippen molar-refractivity contribution in [3.63, 3.8) is 0 Å². The van der Waals surface area contributed by atoms with Crippen LogP contribution in [-0.2, 0) is 13.1 Å². The number of hydrogen-bond acceptors (Lipinski definition) is 3. The summed E-state index contributed by atoms with van der Waals surface area (Å²) < 4.78 is 7.73. The summed E-state index contributed by atoms with van der Waals surface area (Å²) in [4.78, 5) is 0. The minimum atomic E-state index is 0.786. The molecule has 0 saturated heterocycles. The Morgan fingerprint density at radius 3 is 2.94 bits per heavy atom. The van der Waals surface area contributed by atoms with Crippen LogP contribution in [0.4, 0.5) is 0 Å². The van der Waals surface area contributed by atoms with Gasteiger partial charge in [-0.15, -0.1) is 0 Å². The summed E-state index contributed by atoms with van der Waals surface area (Å²) in [5.41, 5.74) is 1.04. The molecular weight excluding hydrogens is 214 g/mol. The predicted octanol–water partition coefficient (Wildman–Crippen LogP) is 2.66. The van der Waals surface area contributed by atoms with Crippen LogP contribution in [0.5, 0.6) is 0 Å². The first-order chi connectivity index (χ1) is 8.35. The van der Waals surface area contributed by atoms with E-state index in [9.17, 15) is 0 Å². The molecule has 2 aromatic heterocycles. The number of nitrogens with zero attached hydrogens (tertiary/aromatic N) is 2. The summed E-state index contributed by atoms with van der Waals surface area (Å²) in [5.74, 6) is 1.86. The van der Waals surface area contributed by atoms with Crippen LogP contribution in [0.15, 0.2) is 28.8 Å². The molecular formula is C13H19N3O. The first-order valence-electron chi connectivity index (χ1n) is 6.16. The van der Waals surface area contributed by atoms with Gasteiger partial charge in [-0.2, -0.15) is 5.10 Å². The van der Waals surface area contributed by atoms with Crippen molar-refractivity contribution in [1.29, 1.82) is 0 Å². The van der Waals surface area contributed by atoms with E-state index in [2.05, 4.69) is 24.3 Å². The lowest BCUT2D eigenvalue weighted by molar-refractivity contribution is 0.488. The van der Waals surface area contributed by atoms with Crippen molar-refractivity contribution < 1.29 is 4.42 Å². The standard InChI is InChI=1S/C13H19N3O/c1-3-8-14-10-11-5-6-13(17-11)12-7-9-15-16(12)4-2/h5-7,9,14H,3-4,8,10H2,1-2H3. The second kappa shape index (κ2) is 5.68. The maximum absolute atomic E-state index is 5.79. The third-order valence-corrected chi connectivity index (χ3v) is 2.66. The minimum absolute atomic E-state index is 0.786. The Bertz CT molecular complexity index is 459. The first-order valence-corrected chi connectivity index (χ1v) is 6.16. The van der Waals surface area contributed by atoms with Crippen LogP contribution in [0.3, 0.4) is 0 Å². The van der Waals surface area contributed by atoms with Gasteiger partial charge in [-0.05, 0) is 38.1 Å². The van der Waals surface area contributed by atoms with Gasteiger partial charge in [0.15, 0.2) is 5.76 Å². The topological polar surface area (TPSA) is 43.0 Å². The lowest BCUT2D eigenvalue weighted by Crippen LogP contribution is -2.12. The van der Waals surface area contributed by atoms with Crippen LogP contribution >= 0.6 is 0 Å². The number of furan rings is 1. The Morgan fingerprint density at radius 2 is 2.18 bits per heavy atom. The highest BCUT2D eigenvalue weighted by molar-refractivity contribution is 5.52. The van der Waals surface area contributed by atoms with E-state index in [4.69, 9.17) is 4.42 Å². The van der Waals surface area contributed by atoms with Crippen LogP contribution in [0.2, 0.25) is 0 Å². The molecule has 0 amide bonds. The van der Waals surface area contributed by atoms with Gasteiger partial charge in [0.05, 0.1) is 6.54 Å². The molecule has 92 valence electrons. The van der Waals surface area contributed by atoms with Crippen LogP contribution in [-0.4, -0.2) is 16.3 Å². The van der Waals surface area contributed by atoms with Crippen LogP contribution < -0.4 is 5.32 Å². The molecule has 4 heteroatoms. The summed E-state index contributed by atoms with van der Waals surface area (Å²) in [6, 6.07) is 6.00. The number of rotatable bonds is 6. The molecule has 0 spiro atoms. The number of aromatic nitrogens is 2. The highest BCUT2D eigenvalue weighted by Gasteiger charge is 2.08. The maximum atomic E-state index is 5.79. The average molecular weight is 233 g/mol. The van der Waals surface area contributed by atoms with E-state index in [0.29, 0.717) is 0 Å². The molecule has 17 heavy (non-hydrogen) atoms. The van der Waals surface area contributed by atoms with Crippen molar-refractivity contribution in [3.05, 3.63) is 30.2 Å². The van der Waals surface area contributed by atoms with Gasteiger partial charge in [-0.25, -0.2) is 0 Å². The first kappa shape index (κ1) is 11.9. The van der Waals surface area contributed by atoms with Gasteiger partial charge in [0.2, 0.25) is 0 Å². The lowest BCUT2D eigenvalue weighted by Gasteiger charge is -2.02. The Morgan fingerprint density at radius 1 is 1.29 bits per heavy atom. The highest BCUT2D eigenvalue weighted by Crippen LogP contribution is 2.21. The SMILES string of the molecule is CCCNCc1ccc(-c2ccnn2CC)o1. The zero-order valence-electron chi connectivity index (χ0n) is 10.4. The van der Waals surface area contributed by atoms with Crippen molar-refractivity contribution in [2.75, 3.05) is 6.54 Å². The summed E-state index contributed by atoms with van der Waals surface area (Å²) in [5, 5.41) is 7.56. The van der Waals surface area contributed by atoms with E-state index < -0.39 is 0 Å². The van der Waals surface area contributed by atoms with Crippen molar-refractivity contribution in [1.82, 2.24) is 15.1 Å². The summed E-state index contributed by atoms with van der Waals surface area (Å²) in [7, 11) is 0. The van der Waals surface area contributed by atoms with Gasteiger partial charge in [-0.1, -0.05) is 6.92 Å². The molecule has 0 aromatic carbocycles. The molecule has 0 bridgehead atoms. The quantitative estimate of drug-likeness (QED) is 0.780. The molecule has 1 N–H and O–H groups in total. The molecule has 0 aliphatic carbocycles. The van der Waals surface area contributed by atoms with Crippen LogP contribution in [0.1, 0.15) is 26.0 Å². The Labute approximate surface area is 102 Å². The fourth-order valence-corrected chi connectivity index (χ4v) is 1.79. The van der Waals surface area contributed by atoms with Gasteiger partial charge < -0.3 is 9.73 Å². The van der Waals surface area contributed by atoms with Crippen molar-refractivity contribution >= 4 is 0 Å². The number of nitrogens with one attached hydrogen (secondary N) is 1. The summed E-state index contributed by atoms with van der Waals surface area (Å²) in [6.07, 6.45) is 2.94. The third kappa shape index (κ3) is 2.77. The van der Waals surface area contributed by atoms with Crippen molar-refractivity contribution in [3.8, 4) is 11.5 Å². The lowest BCUT2D eigenvalue weighted by atomic mass is 10.3. The molecule has 2 aromatic rings. The zero-order valence-corrected chi connectivity index (χ0v) is 10.4. The smallest absolute Gasteiger partial charge is 0.152 e. The maximum Gasteiger partial charge on any atom is 0.152 e. The minimum Gasteiger partial charge on any atom is -0.458 e. The van der Waals surface area contributed by atoms with Gasteiger partial charge in [-0.3, -0.25) is 4.68 Å². The third-order valence-electron chi connectivity index (χ3n) is 2.66. The molecule has 0 fully saturated rings. The van der Waals surface area contributed by atoms with Gasteiger partial charge in [0.25, 0.3) is 0 Å². The van der Waals surface area contributed by atoms with E-state index in [0.717, 1.165) is 43.3 Å². The van der Waals surface area contributed by atoms with Crippen molar-refractivity contribution in [2.24, 2.45) is 0 Å². The fourth-order valence-electron chi connectivity index (χ4n) is 1.79. The molecule has 0 aliphatic rings. The van der Waals surface area contributed by atoms with E-state index in [1.807, 2.05) is 22.9 Å². The second-order valence-electron chi connectivity index (χ2n) is 3.97. The van der Waals surface area contributed by atoms with E-state index in [1.54, 1.807) is 6.20 Å². The fraction of sp³-hybridized carbons (Fsp3) is 0.462. The molecule has 2 heterocycles. The molecule has 0 atom stereocenters. The van der Waals surface area contributed by atoms with Gasteiger partial charge in [0.1, 0.15) is 11.5 Å². The Kier molecular flexibility index (Phi) is 3.98. The molecule has 0 saturated carbocycles. The van der Waals surface area contributed by atoms with Crippen LogP contribution in [0.25, 0.3) is 11.5 Å². The van der Waals surface area contributed by atoms with E-state index >= 15 is 0 Å². The van der Waals surface area contributed by atoms with Gasteiger partial charge in [0, 0.05) is 12.7 Å². The monoisotopic (exact) mass is 233 g/mol.